The maximum absolute atomic E-state index is 6.16. The summed E-state index contributed by atoms with van der Waals surface area (Å²) < 4.78 is 5.81. The van der Waals surface area contributed by atoms with Gasteiger partial charge >= 0.3 is 0 Å². The minimum Gasteiger partial charge on any atom is -0.492 e. The van der Waals surface area contributed by atoms with Crippen molar-refractivity contribution in [2.45, 2.75) is 45.4 Å². The molecule has 0 fully saturated rings. The average molecular weight is 289 g/mol. The third kappa shape index (κ3) is 5.07. The van der Waals surface area contributed by atoms with E-state index in [0.717, 1.165) is 24.3 Å². The second kappa shape index (κ2) is 8.66. The minimum atomic E-state index is 0.480. The average Bonchev–Trinajstić information content (AvgIpc) is 2.40. The fourth-order valence-electron chi connectivity index (χ4n) is 1.85. The molecule has 0 spiro atoms. The molecule has 0 aromatic heterocycles. The molecule has 0 saturated carbocycles. The molecule has 0 radical (unpaired) electrons. The van der Waals surface area contributed by atoms with Crippen molar-refractivity contribution in [1.29, 1.82) is 0 Å². The summed E-state index contributed by atoms with van der Waals surface area (Å²) >= 11 is 11.9. The first-order valence-electron chi connectivity index (χ1n) is 6.68. The normalized spacial score (nSPS) is 12.4. The second-order valence-corrected chi connectivity index (χ2v) is 5.30. The Labute approximate surface area is 120 Å². The third-order valence-electron chi connectivity index (χ3n) is 3.17. The summed E-state index contributed by atoms with van der Waals surface area (Å²) in [6.07, 6.45) is 4.88. The van der Waals surface area contributed by atoms with Gasteiger partial charge in [-0.15, -0.1) is 11.6 Å². The predicted molar refractivity (Wildman–Crippen MR) is 79.8 cm³/mol. The van der Waals surface area contributed by atoms with Crippen molar-refractivity contribution in [2.75, 3.05) is 6.61 Å². The molecule has 18 heavy (non-hydrogen) atoms. The van der Waals surface area contributed by atoms with Gasteiger partial charge in [-0.2, -0.15) is 0 Å². The van der Waals surface area contributed by atoms with E-state index in [1.165, 1.54) is 19.3 Å². The Morgan fingerprint density at radius 2 is 2.06 bits per heavy atom. The first-order valence-corrected chi connectivity index (χ1v) is 7.59. The number of hydrogen-bond acceptors (Lipinski definition) is 1. The molecule has 1 unspecified atom stereocenters. The first-order chi connectivity index (χ1) is 8.71. The molecule has 0 aliphatic carbocycles. The first kappa shape index (κ1) is 15.7. The van der Waals surface area contributed by atoms with Crippen molar-refractivity contribution >= 4 is 23.2 Å². The number of unbranched alkanes of at least 4 members (excludes halogenated alkanes) is 1. The zero-order chi connectivity index (χ0) is 13.4. The number of halogens is 2. The molecule has 0 aliphatic heterocycles. The van der Waals surface area contributed by atoms with Gasteiger partial charge in [0, 0.05) is 5.88 Å². The molecule has 1 aromatic rings. The highest BCUT2D eigenvalue weighted by atomic mass is 35.5. The SMILES string of the molecule is CCCCC(CC)COc1ccc(CCl)cc1Cl. The predicted octanol–water partition coefficient (Wildman–Crippen LogP) is 5.67. The zero-order valence-electron chi connectivity index (χ0n) is 11.2. The summed E-state index contributed by atoms with van der Waals surface area (Å²) in [5.74, 6) is 1.86. The van der Waals surface area contributed by atoms with Crippen molar-refractivity contribution in [2.24, 2.45) is 5.92 Å². The van der Waals surface area contributed by atoms with Crippen LogP contribution in [0, 0.1) is 5.92 Å². The maximum Gasteiger partial charge on any atom is 0.137 e. The van der Waals surface area contributed by atoms with Crippen LogP contribution in [-0.2, 0) is 5.88 Å². The monoisotopic (exact) mass is 288 g/mol. The van der Waals surface area contributed by atoms with Crippen LogP contribution in [0.5, 0.6) is 5.75 Å². The minimum absolute atomic E-state index is 0.480. The van der Waals surface area contributed by atoms with Crippen LogP contribution in [0.25, 0.3) is 0 Å². The van der Waals surface area contributed by atoms with Gasteiger partial charge in [0.15, 0.2) is 0 Å². The van der Waals surface area contributed by atoms with Gasteiger partial charge in [-0.3, -0.25) is 0 Å². The molecule has 1 rings (SSSR count). The molecule has 1 atom stereocenters. The lowest BCUT2D eigenvalue weighted by Gasteiger charge is -2.16. The number of hydrogen-bond donors (Lipinski definition) is 0. The smallest absolute Gasteiger partial charge is 0.137 e. The Hall–Kier alpha value is -0.400. The van der Waals surface area contributed by atoms with E-state index in [1.54, 1.807) is 0 Å². The lowest BCUT2D eigenvalue weighted by molar-refractivity contribution is 0.233. The molecular formula is C15H22Cl2O. The Bertz CT molecular complexity index is 352. The number of rotatable bonds is 8. The molecule has 3 heteroatoms. The second-order valence-electron chi connectivity index (χ2n) is 4.63. The van der Waals surface area contributed by atoms with E-state index >= 15 is 0 Å². The maximum atomic E-state index is 6.16. The summed E-state index contributed by atoms with van der Waals surface area (Å²) in [5.41, 5.74) is 1.02. The lowest BCUT2D eigenvalue weighted by Crippen LogP contribution is -2.11. The van der Waals surface area contributed by atoms with Gasteiger partial charge in [-0.1, -0.05) is 50.8 Å². The molecule has 0 bridgehead atoms. The van der Waals surface area contributed by atoms with Gasteiger partial charge in [-0.25, -0.2) is 0 Å². The topological polar surface area (TPSA) is 9.23 Å². The van der Waals surface area contributed by atoms with Gasteiger partial charge < -0.3 is 4.74 Å². The fourth-order valence-corrected chi connectivity index (χ4v) is 2.27. The van der Waals surface area contributed by atoms with E-state index in [1.807, 2.05) is 18.2 Å². The fraction of sp³-hybridized carbons (Fsp3) is 0.600. The molecular weight excluding hydrogens is 267 g/mol. The Balaban J connectivity index is 2.51. The van der Waals surface area contributed by atoms with Crippen molar-refractivity contribution in [3.63, 3.8) is 0 Å². The van der Waals surface area contributed by atoms with E-state index < -0.39 is 0 Å². The van der Waals surface area contributed by atoms with Gasteiger partial charge in [-0.05, 0) is 30.0 Å². The molecule has 1 aromatic carbocycles. The van der Waals surface area contributed by atoms with Gasteiger partial charge in [0.1, 0.15) is 5.75 Å². The van der Waals surface area contributed by atoms with Crippen molar-refractivity contribution < 1.29 is 4.74 Å². The summed E-state index contributed by atoms with van der Waals surface area (Å²) in [7, 11) is 0. The summed E-state index contributed by atoms with van der Waals surface area (Å²) in [4.78, 5) is 0. The van der Waals surface area contributed by atoms with Gasteiger partial charge in [0.05, 0.1) is 11.6 Å². The molecule has 0 heterocycles. The molecule has 0 amide bonds. The zero-order valence-corrected chi connectivity index (χ0v) is 12.7. The number of benzene rings is 1. The van der Waals surface area contributed by atoms with E-state index in [2.05, 4.69) is 13.8 Å². The van der Waals surface area contributed by atoms with Crippen molar-refractivity contribution in [3.8, 4) is 5.75 Å². The van der Waals surface area contributed by atoms with Crippen molar-refractivity contribution in [1.82, 2.24) is 0 Å². The highest BCUT2D eigenvalue weighted by Gasteiger charge is 2.09. The van der Waals surface area contributed by atoms with E-state index in [0.29, 0.717) is 16.8 Å². The number of alkyl halides is 1. The van der Waals surface area contributed by atoms with Crippen LogP contribution in [0.4, 0.5) is 0 Å². The van der Waals surface area contributed by atoms with Crippen molar-refractivity contribution in [3.05, 3.63) is 28.8 Å². The largest absolute Gasteiger partial charge is 0.492 e. The van der Waals surface area contributed by atoms with Gasteiger partial charge in [0.25, 0.3) is 0 Å². The summed E-state index contributed by atoms with van der Waals surface area (Å²) in [6, 6.07) is 5.74. The standard InChI is InChI=1S/C15H22Cl2O/c1-3-5-6-12(4-2)11-18-15-8-7-13(10-16)9-14(15)17/h7-9,12H,3-6,10-11H2,1-2H3. The summed E-state index contributed by atoms with van der Waals surface area (Å²) in [5, 5.41) is 0.651. The quantitative estimate of drug-likeness (QED) is 0.560. The molecule has 0 aliphatic rings. The van der Waals surface area contributed by atoms with Gasteiger partial charge in [0.2, 0.25) is 0 Å². The lowest BCUT2D eigenvalue weighted by atomic mass is 10.0. The third-order valence-corrected chi connectivity index (χ3v) is 3.77. The van der Waals surface area contributed by atoms with Crippen LogP contribution in [0.1, 0.15) is 45.1 Å². The molecule has 0 N–H and O–H groups in total. The highest BCUT2D eigenvalue weighted by molar-refractivity contribution is 6.32. The number of ether oxygens (including phenoxy) is 1. The van der Waals surface area contributed by atoms with Crippen LogP contribution in [0.15, 0.2) is 18.2 Å². The van der Waals surface area contributed by atoms with Crippen LogP contribution in [0.3, 0.4) is 0 Å². The van der Waals surface area contributed by atoms with E-state index in [4.69, 9.17) is 27.9 Å². The van der Waals surface area contributed by atoms with Crippen LogP contribution in [0.2, 0.25) is 5.02 Å². The Morgan fingerprint density at radius 3 is 2.61 bits per heavy atom. The molecule has 1 nitrogen and oxygen atoms in total. The van der Waals surface area contributed by atoms with E-state index in [-0.39, 0.29) is 0 Å². The van der Waals surface area contributed by atoms with Crippen LogP contribution < -0.4 is 4.74 Å². The molecule has 0 saturated heterocycles. The van der Waals surface area contributed by atoms with Crippen LogP contribution >= 0.6 is 23.2 Å². The van der Waals surface area contributed by atoms with E-state index in [9.17, 15) is 0 Å². The Kier molecular flexibility index (Phi) is 7.53. The molecule has 102 valence electrons. The van der Waals surface area contributed by atoms with Crippen LogP contribution in [-0.4, -0.2) is 6.61 Å². The Morgan fingerprint density at radius 1 is 1.28 bits per heavy atom. The highest BCUT2D eigenvalue weighted by Crippen LogP contribution is 2.27. The summed E-state index contributed by atoms with van der Waals surface area (Å²) in [6.45, 7) is 5.17.